The summed E-state index contributed by atoms with van der Waals surface area (Å²) >= 11 is 1.41. The first-order chi connectivity index (χ1) is 13.6. The smallest absolute Gasteiger partial charge is 0.331 e. The second-order valence-corrected chi connectivity index (χ2v) is 6.51. The highest BCUT2D eigenvalue weighted by Gasteiger charge is 2.15. The van der Waals surface area contributed by atoms with Crippen molar-refractivity contribution in [3.8, 4) is 22.1 Å². The Morgan fingerprint density at radius 3 is 2.71 bits per heavy atom. The lowest BCUT2D eigenvalue weighted by molar-refractivity contribution is -0.139. The highest BCUT2D eigenvalue weighted by molar-refractivity contribution is 7.13. The van der Waals surface area contributed by atoms with Crippen LogP contribution in [0.1, 0.15) is 11.3 Å². The van der Waals surface area contributed by atoms with Crippen LogP contribution in [0.2, 0.25) is 0 Å². The number of aromatic nitrogens is 1. The van der Waals surface area contributed by atoms with E-state index in [-0.39, 0.29) is 6.61 Å². The summed E-state index contributed by atoms with van der Waals surface area (Å²) in [6, 6.07) is 11.7. The molecule has 0 bridgehead atoms. The third kappa shape index (κ3) is 4.55. The van der Waals surface area contributed by atoms with E-state index >= 15 is 0 Å². The Labute approximate surface area is 166 Å². The Bertz CT molecular complexity index is 1000. The predicted octanol–water partition coefficient (Wildman–Crippen LogP) is 4.72. The van der Waals surface area contributed by atoms with Crippen LogP contribution in [0.15, 0.2) is 53.9 Å². The van der Waals surface area contributed by atoms with Crippen LogP contribution < -0.4 is 9.47 Å². The molecule has 144 valence electrons. The normalized spacial score (nSPS) is 10.8. The Kier molecular flexibility index (Phi) is 6.39. The van der Waals surface area contributed by atoms with Gasteiger partial charge in [0, 0.05) is 17.0 Å². The molecule has 3 aromatic rings. The van der Waals surface area contributed by atoms with E-state index < -0.39 is 11.8 Å². The van der Waals surface area contributed by atoms with Crippen molar-refractivity contribution >= 4 is 23.4 Å². The lowest BCUT2D eigenvalue weighted by atomic mass is 10.2. The maximum atomic E-state index is 13.5. The summed E-state index contributed by atoms with van der Waals surface area (Å²) in [4.78, 5) is 16.4. The van der Waals surface area contributed by atoms with E-state index in [1.54, 1.807) is 38.5 Å². The number of methoxy groups -OCH3 is 2. The first-order valence-corrected chi connectivity index (χ1v) is 9.25. The molecular formula is C21H18FNO4S. The van der Waals surface area contributed by atoms with Crippen molar-refractivity contribution in [1.29, 1.82) is 0 Å². The maximum absolute atomic E-state index is 13.5. The molecule has 1 heterocycles. The summed E-state index contributed by atoms with van der Waals surface area (Å²) in [7, 11) is 3.14. The van der Waals surface area contributed by atoms with Crippen LogP contribution >= 0.6 is 11.3 Å². The summed E-state index contributed by atoms with van der Waals surface area (Å²) in [5.41, 5.74) is 1.72. The van der Waals surface area contributed by atoms with Crippen LogP contribution in [-0.4, -0.2) is 25.2 Å². The minimum absolute atomic E-state index is 0.0171. The lowest BCUT2D eigenvalue weighted by Crippen LogP contribution is -2.01. The number of thiazole rings is 1. The van der Waals surface area contributed by atoms with Gasteiger partial charge in [-0.15, -0.1) is 11.3 Å². The Hall–Kier alpha value is -3.19. The van der Waals surface area contributed by atoms with Gasteiger partial charge in [-0.2, -0.15) is 0 Å². The van der Waals surface area contributed by atoms with Crippen molar-refractivity contribution in [3.63, 3.8) is 0 Å². The number of carbonyl (C=O) groups excluding carboxylic acids is 1. The van der Waals surface area contributed by atoms with Crippen LogP contribution in [0.4, 0.5) is 4.39 Å². The van der Waals surface area contributed by atoms with Crippen LogP contribution in [0.3, 0.4) is 0 Å². The molecule has 0 amide bonds. The molecule has 5 nitrogen and oxygen atoms in total. The standard InChI is InChI=1S/C21H18FNO4S/c1-25-18-9-5-7-16(20(18)26-2)21-23-15(13-28-21)12-27-19(24)11-10-14-6-3-4-8-17(14)22/h3-11,13H,12H2,1-2H3/b11-10+. The highest BCUT2D eigenvalue weighted by atomic mass is 32.1. The highest BCUT2D eigenvalue weighted by Crippen LogP contribution is 2.38. The van der Waals surface area contributed by atoms with Crippen LogP contribution in [-0.2, 0) is 16.1 Å². The second kappa shape index (κ2) is 9.14. The van der Waals surface area contributed by atoms with Gasteiger partial charge in [-0.05, 0) is 24.3 Å². The number of rotatable bonds is 7. The average Bonchev–Trinajstić information content (AvgIpc) is 3.19. The molecule has 3 rings (SSSR count). The summed E-state index contributed by atoms with van der Waals surface area (Å²) in [6.45, 7) is 0.0171. The molecule has 28 heavy (non-hydrogen) atoms. The molecule has 7 heteroatoms. The Morgan fingerprint density at radius 2 is 1.96 bits per heavy atom. The molecule has 1 aromatic heterocycles. The zero-order valence-corrected chi connectivity index (χ0v) is 16.2. The molecule has 0 saturated carbocycles. The number of esters is 1. The van der Waals surface area contributed by atoms with Crippen molar-refractivity contribution in [2.45, 2.75) is 6.61 Å². The van der Waals surface area contributed by atoms with Gasteiger partial charge in [0.2, 0.25) is 0 Å². The van der Waals surface area contributed by atoms with Crippen molar-refractivity contribution in [2.75, 3.05) is 14.2 Å². The number of hydrogen-bond acceptors (Lipinski definition) is 6. The molecule has 0 fully saturated rings. The molecule has 0 atom stereocenters. The minimum Gasteiger partial charge on any atom is -0.493 e. The lowest BCUT2D eigenvalue weighted by Gasteiger charge is -2.10. The van der Waals surface area contributed by atoms with E-state index in [0.29, 0.717) is 22.8 Å². The Morgan fingerprint density at radius 1 is 1.14 bits per heavy atom. The summed E-state index contributed by atoms with van der Waals surface area (Å²) in [6.07, 6.45) is 2.57. The number of carbonyl (C=O) groups is 1. The van der Waals surface area contributed by atoms with Gasteiger partial charge >= 0.3 is 5.97 Å². The van der Waals surface area contributed by atoms with Crippen LogP contribution in [0, 0.1) is 5.82 Å². The van der Waals surface area contributed by atoms with Gasteiger partial charge in [-0.3, -0.25) is 0 Å². The molecule has 0 unspecified atom stereocenters. The summed E-state index contributed by atoms with van der Waals surface area (Å²) in [5, 5.41) is 2.53. The second-order valence-electron chi connectivity index (χ2n) is 5.65. The van der Waals surface area contributed by atoms with E-state index in [9.17, 15) is 9.18 Å². The Balaban J connectivity index is 1.66. The SMILES string of the molecule is COc1cccc(-c2nc(COC(=O)/C=C/c3ccccc3F)cs2)c1OC. The van der Waals surface area contributed by atoms with Gasteiger partial charge in [0.05, 0.1) is 25.5 Å². The van der Waals surface area contributed by atoms with E-state index in [1.165, 1.54) is 29.6 Å². The topological polar surface area (TPSA) is 57.7 Å². The van der Waals surface area contributed by atoms with Crippen molar-refractivity contribution in [1.82, 2.24) is 4.98 Å². The number of ether oxygens (including phenoxy) is 3. The number of halogens is 1. The largest absolute Gasteiger partial charge is 0.493 e. The molecule has 0 aliphatic heterocycles. The van der Waals surface area contributed by atoms with Crippen molar-refractivity contribution in [2.24, 2.45) is 0 Å². The van der Waals surface area contributed by atoms with E-state index in [0.717, 1.165) is 10.6 Å². The molecule has 2 aromatic carbocycles. The monoisotopic (exact) mass is 399 g/mol. The zero-order chi connectivity index (χ0) is 19.9. The van der Waals surface area contributed by atoms with Gasteiger partial charge < -0.3 is 14.2 Å². The number of benzene rings is 2. The fraction of sp³-hybridized carbons (Fsp3) is 0.143. The first kappa shape index (κ1) is 19.6. The molecule has 0 radical (unpaired) electrons. The quantitative estimate of drug-likeness (QED) is 0.425. The number of hydrogen-bond donors (Lipinski definition) is 0. The molecule has 0 N–H and O–H groups in total. The molecule has 0 saturated heterocycles. The van der Waals surface area contributed by atoms with E-state index in [2.05, 4.69) is 4.98 Å². The number of para-hydroxylation sites is 1. The third-order valence-electron chi connectivity index (χ3n) is 3.85. The van der Waals surface area contributed by atoms with Gasteiger partial charge in [-0.25, -0.2) is 14.2 Å². The van der Waals surface area contributed by atoms with Gasteiger partial charge in [0.15, 0.2) is 11.5 Å². The summed E-state index contributed by atoms with van der Waals surface area (Å²) < 4.78 is 29.5. The molecule has 0 spiro atoms. The van der Waals surface area contributed by atoms with Crippen molar-refractivity contribution in [3.05, 3.63) is 71.0 Å². The van der Waals surface area contributed by atoms with Crippen LogP contribution in [0.25, 0.3) is 16.6 Å². The fourth-order valence-electron chi connectivity index (χ4n) is 2.51. The van der Waals surface area contributed by atoms with Gasteiger partial charge in [0.1, 0.15) is 17.4 Å². The number of nitrogens with zero attached hydrogens (tertiary/aromatic N) is 1. The third-order valence-corrected chi connectivity index (χ3v) is 4.78. The predicted molar refractivity (Wildman–Crippen MR) is 106 cm³/mol. The fourth-order valence-corrected chi connectivity index (χ4v) is 3.34. The van der Waals surface area contributed by atoms with E-state index in [1.807, 2.05) is 17.5 Å². The van der Waals surface area contributed by atoms with Crippen LogP contribution in [0.5, 0.6) is 11.5 Å². The van der Waals surface area contributed by atoms with Crippen molar-refractivity contribution < 1.29 is 23.4 Å². The maximum Gasteiger partial charge on any atom is 0.331 e. The van der Waals surface area contributed by atoms with E-state index in [4.69, 9.17) is 14.2 Å². The van der Waals surface area contributed by atoms with Gasteiger partial charge in [0.25, 0.3) is 0 Å². The molecule has 0 aliphatic rings. The first-order valence-electron chi connectivity index (χ1n) is 8.37. The minimum atomic E-state index is -0.572. The molecular weight excluding hydrogens is 381 g/mol. The van der Waals surface area contributed by atoms with Gasteiger partial charge in [-0.1, -0.05) is 24.3 Å². The average molecular weight is 399 g/mol. The summed E-state index contributed by atoms with van der Waals surface area (Å²) in [5.74, 6) is 0.233. The zero-order valence-electron chi connectivity index (χ0n) is 15.3. The molecule has 0 aliphatic carbocycles.